The lowest BCUT2D eigenvalue weighted by atomic mass is 9.59. The van der Waals surface area contributed by atoms with Crippen molar-refractivity contribution in [2.45, 2.75) is 90.6 Å². The molecule has 2 rings (SSSR count). The van der Waals surface area contributed by atoms with Gasteiger partial charge in [0.25, 0.3) is 0 Å². The van der Waals surface area contributed by atoms with E-state index in [9.17, 15) is 4.79 Å². The third kappa shape index (κ3) is 6.23. The lowest BCUT2D eigenvalue weighted by Gasteiger charge is -2.49. The second-order valence-electron chi connectivity index (χ2n) is 8.93. The van der Waals surface area contributed by atoms with Crippen molar-refractivity contribution >= 4 is 5.91 Å². The van der Waals surface area contributed by atoms with E-state index in [1.54, 1.807) is 0 Å². The summed E-state index contributed by atoms with van der Waals surface area (Å²) in [7, 11) is 0. The maximum absolute atomic E-state index is 11.9. The molecule has 4 nitrogen and oxygen atoms in total. The molecule has 1 amide bonds. The van der Waals surface area contributed by atoms with Gasteiger partial charge in [0, 0.05) is 23.9 Å². The van der Waals surface area contributed by atoms with E-state index < -0.39 is 0 Å². The molecule has 0 spiro atoms. The monoisotopic (exact) mass is 388 g/mol. The van der Waals surface area contributed by atoms with Gasteiger partial charge in [-0.2, -0.15) is 0 Å². The van der Waals surface area contributed by atoms with E-state index in [2.05, 4.69) is 48.7 Å². The summed E-state index contributed by atoms with van der Waals surface area (Å²) < 4.78 is 5.63. The van der Waals surface area contributed by atoms with Crippen molar-refractivity contribution in [3.63, 3.8) is 0 Å². The normalized spacial score (nSPS) is 16.7. The fourth-order valence-electron chi connectivity index (χ4n) is 4.34. The van der Waals surface area contributed by atoms with Crippen LogP contribution in [0.2, 0.25) is 0 Å². The zero-order valence-electron chi connectivity index (χ0n) is 18.5. The molecule has 1 aromatic rings. The number of carbonyl (C=O) groups is 1. The molecule has 0 heterocycles. The molecule has 2 N–H and O–H groups in total. The summed E-state index contributed by atoms with van der Waals surface area (Å²) in [6, 6.07) is 9.41. The van der Waals surface area contributed by atoms with Crippen molar-refractivity contribution in [2.24, 2.45) is 5.92 Å². The van der Waals surface area contributed by atoms with Crippen molar-refractivity contribution in [1.29, 1.82) is 0 Å². The minimum Gasteiger partial charge on any atom is -0.494 e. The number of nitrogens with one attached hydrogen (secondary N) is 2. The highest BCUT2D eigenvalue weighted by Gasteiger charge is 2.45. The van der Waals surface area contributed by atoms with Gasteiger partial charge in [0.1, 0.15) is 5.75 Å². The molecule has 1 fully saturated rings. The number of hydrogen-bond acceptors (Lipinski definition) is 3. The van der Waals surface area contributed by atoms with Crippen LogP contribution in [0.15, 0.2) is 24.3 Å². The van der Waals surface area contributed by atoms with Crippen molar-refractivity contribution in [3.8, 4) is 5.75 Å². The van der Waals surface area contributed by atoms with Crippen LogP contribution < -0.4 is 15.4 Å². The Kier molecular flexibility index (Phi) is 8.81. The van der Waals surface area contributed by atoms with E-state index in [-0.39, 0.29) is 17.4 Å². The summed E-state index contributed by atoms with van der Waals surface area (Å²) in [5.74, 6) is 1.74. The highest BCUT2D eigenvalue weighted by atomic mass is 16.5. The Hall–Kier alpha value is -1.55. The Bertz CT molecular complexity index is 591. The van der Waals surface area contributed by atoms with Gasteiger partial charge in [0.15, 0.2) is 0 Å². The number of carbonyl (C=O) groups excluding carboxylic acids is 1. The molecular formula is C24H40N2O2. The Morgan fingerprint density at radius 1 is 1.14 bits per heavy atom. The Morgan fingerprint density at radius 2 is 1.82 bits per heavy atom. The summed E-state index contributed by atoms with van der Waals surface area (Å²) in [5.41, 5.74) is 1.65. The van der Waals surface area contributed by atoms with Crippen LogP contribution in [0.1, 0.15) is 78.7 Å². The largest absolute Gasteiger partial charge is 0.494 e. The van der Waals surface area contributed by atoms with Crippen molar-refractivity contribution in [3.05, 3.63) is 29.8 Å². The van der Waals surface area contributed by atoms with Gasteiger partial charge in [-0.15, -0.1) is 0 Å². The second-order valence-corrected chi connectivity index (χ2v) is 8.93. The standard InChI is InChI=1S/C24H40N2O2/c1-6-28-21-12-10-20(11-13-21)24(14-8-15-24)22(17-18(2)3)25-16-7-9-23(27)26-19(4)5/h10-13,18-19,22,25H,6-9,14-17H2,1-5H3,(H,26,27). The molecule has 0 bridgehead atoms. The van der Waals surface area contributed by atoms with Gasteiger partial charge in [-0.3, -0.25) is 4.79 Å². The van der Waals surface area contributed by atoms with Crippen LogP contribution in [0.25, 0.3) is 0 Å². The molecule has 1 aliphatic carbocycles. The summed E-state index contributed by atoms with van der Waals surface area (Å²) >= 11 is 0. The predicted molar refractivity (Wildman–Crippen MR) is 117 cm³/mol. The topological polar surface area (TPSA) is 50.4 Å². The van der Waals surface area contributed by atoms with Gasteiger partial charge in [0.05, 0.1) is 6.61 Å². The zero-order valence-corrected chi connectivity index (χ0v) is 18.5. The second kappa shape index (κ2) is 10.8. The fraction of sp³-hybridized carbons (Fsp3) is 0.708. The van der Waals surface area contributed by atoms with Gasteiger partial charge in [0.2, 0.25) is 5.91 Å². The van der Waals surface area contributed by atoms with Crippen LogP contribution in [0.5, 0.6) is 5.75 Å². The van der Waals surface area contributed by atoms with Gasteiger partial charge < -0.3 is 15.4 Å². The van der Waals surface area contributed by atoms with E-state index in [0.717, 1.165) is 25.1 Å². The van der Waals surface area contributed by atoms with Crippen LogP contribution in [-0.2, 0) is 10.2 Å². The highest BCUT2D eigenvalue weighted by molar-refractivity contribution is 5.76. The SMILES string of the molecule is CCOc1ccc(C2(C(CC(C)C)NCCCC(=O)NC(C)C)CCC2)cc1. The van der Waals surface area contributed by atoms with Crippen LogP contribution in [0.3, 0.4) is 0 Å². The van der Waals surface area contributed by atoms with Crippen LogP contribution >= 0.6 is 0 Å². The predicted octanol–water partition coefficient (Wildman–Crippen LogP) is 4.82. The molecule has 0 aromatic heterocycles. The quantitative estimate of drug-likeness (QED) is 0.505. The Balaban J connectivity index is 2.01. The first-order chi connectivity index (χ1) is 13.4. The average molecular weight is 389 g/mol. The molecule has 0 aliphatic heterocycles. The van der Waals surface area contributed by atoms with Crippen LogP contribution in [0.4, 0.5) is 0 Å². The van der Waals surface area contributed by atoms with Crippen LogP contribution in [-0.4, -0.2) is 31.1 Å². The van der Waals surface area contributed by atoms with E-state index in [1.807, 2.05) is 20.8 Å². The number of ether oxygens (including phenoxy) is 1. The van der Waals surface area contributed by atoms with Gasteiger partial charge in [-0.05, 0) is 76.6 Å². The molecule has 1 aromatic carbocycles. The molecule has 1 saturated carbocycles. The number of hydrogen-bond donors (Lipinski definition) is 2. The first-order valence-corrected chi connectivity index (χ1v) is 11.1. The number of amides is 1. The van der Waals surface area contributed by atoms with Gasteiger partial charge >= 0.3 is 0 Å². The minimum absolute atomic E-state index is 0.155. The third-order valence-corrected chi connectivity index (χ3v) is 5.78. The molecule has 4 heteroatoms. The van der Waals surface area contributed by atoms with Gasteiger partial charge in [-0.25, -0.2) is 0 Å². The Labute approximate surface area is 171 Å². The summed E-state index contributed by atoms with van der Waals surface area (Å²) in [5, 5.41) is 6.81. The smallest absolute Gasteiger partial charge is 0.220 e. The first-order valence-electron chi connectivity index (χ1n) is 11.1. The highest BCUT2D eigenvalue weighted by Crippen LogP contribution is 2.48. The molecule has 0 saturated heterocycles. The van der Waals surface area contributed by atoms with Gasteiger partial charge in [-0.1, -0.05) is 32.4 Å². The lowest BCUT2D eigenvalue weighted by molar-refractivity contribution is -0.121. The lowest BCUT2D eigenvalue weighted by Crippen LogP contribution is -2.53. The number of rotatable bonds is 12. The summed E-state index contributed by atoms with van der Waals surface area (Å²) in [4.78, 5) is 11.9. The average Bonchev–Trinajstić information content (AvgIpc) is 2.58. The fourth-order valence-corrected chi connectivity index (χ4v) is 4.34. The van der Waals surface area contributed by atoms with E-state index in [0.29, 0.717) is 25.0 Å². The maximum atomic E-state index is 11.9. The zero-order chi connectivity index (χ0) is 20.6. The Morgan fingerprint density at radius 3 is 2.32 bits per heavy atom. The van der Waals surface area contributed by atoms with E-state index in [4.69, 9.17) is 4.74 Å². The van der Waals surface area contributed by atoms with E-state index in [1.165, 1.54) is 24.8 Å². The summed E-state index contributed by atoms with van der Waals surface area (Å²) in [6.07, 6.45) is 6.40. The number of benzene rings is 1. The van der Waals surface area contributed by atoms with Crippen molar-refractivity contribution < 1.29 is 9.53 Å². The van der Waals surface area contributed by atoms with E-state index >= 15 is 0 Å². The minimum atomic E-state index is 0.155. The van der Waals surface area contributed by atoms with Crippen molar-refractivity contribution in [2.75, 3.05) is 13.2 Å². The van der Waals surface area contributed by atoms with Crippen LogP contribution in [0, 0.1) is 5.92 Å². The molecular weight excluding hydrogens is 348 g/mol. The molecule has 1 aliphatic rings. The molecule has 1 atom stereocenters. The van der Waals surface area contributed by atoms with Crippen molar-refractivity contribution in [1.82, 2.24) is 10.6 Å². The third-order valence-electron chi connectivity index (χ3n) is 5.78. The molecule has 28 heavy (non-hydrogen) atoms. The molecule has 1 unspecified atom stereocenters. The maximum Gasteiger partial charge on any atom is 0.220 e. The molecule has 0 radical (unpaired) electrons. The summed E-state index contributed by atoms with van der Waals surface area (Å²) in [6.45, 7) is 12.2. The first kappa shape index (κ1) is 22.7. The molecule has 158 valence electrons.